The fourth-order valence-electron chi connectivity index (χ4n) is 0.644. The van der Waals surface area contributed by atoms with Crippen LogP contribution in [0.1, 0.15) is 0 Å². The Kier molecular flexibility index (Phi) is 1.49. The molecule has 1 aromatic rings. The highest BCUT2D eigenvalue weighted by Gasteiger charge is 2.18. The summed E-state index contributed by atoms with van der Waals surface area (Å²) in [6, 6.07) is 3.83. The van der Waals surface area contributed by atoms with E-state index in [4.69, 9.17) is 4.42 Å². The van der Waals surface area contributed by atoms with Crippen molar-refractivity contribution >= 4 is 13.5 Å². The van der Waals surface area contributed by atoms with E-state index in [-0.39, 0.29) is 0 Å². The maximum absolute atomic E-state index is 5.13. The van der Waals surface area contributed by atoms with Gasteiger partial charge in [-0.05, 0) is 12.1 Å². The Labute approximate surface area is 56.7 Å². The molecule has 0 amide bonds. The Morgan fingerprint density at radius 1 is 1.44 bits per heavy atom. The lowest BCUT2D eigenvalue weighted by molar-refractivity contribution is 0.588. The molecule has 0 aromatic carbocycles. The lowest BCUT2D eigenvalue weighted by Crippen LogP contribution is -2.36. The van der Waals surface area contributed by atoms with Gasteiger partial charge < -0.3 is 4.42 Å². The maximum Gasteiger partial charge on any atom is 0.168 e. The van der Waals surface area contributed by atoms with Crippen molar-refractivity contribution in [3.8, 4) is 0 Å². The predicted molar refractivity (Wildman–Crippen MR) is 40.5 cm³/mol. The molecule has 0 saturated carbocycles. The summed E-state index contributed by atoms with van der Waals surface area (Å²) in [5.41, 5.74) is 0. The Morgan fingerprint density at radius 3 is 2.33 bits per heavy atom. The molecule has 9 heavy (non-hydrogen) atoms. The third-order valence-electron chi connectivity index (χ3n) is 1.21. The zero-order valence-corrected chi connectivity index (χ0v) is 7.06. The topological polar surface area (TPSA) is 13.1 Å². The van der Waals surface area contributed by atoms with Crippen molar-refractivity contribution in [1.82, 2.24) is 0 Å². The van der Waals surface area contributed by atoms with E-state index in [0.717, 1.165) is 5.38 Å². The van der Waals surface area contributed by atoms with Crippen LogP contribution in [0.4, 0.5) is 0 Å². The molecule has 0 fully saturated rings. The van der Waals surface area contributed by atoms with Gasteiger partial charge in [-0.3, -0.25) is 0 Å². The largest absolute Gasteiger partial charge is 0.463 e. The molecular weight excluding hydrogens is 128 g/mol. The van der Waals surface area contributed by atoms with Crippen LogP contribution in [0.15, 0.2) is 16.5 Å². The minimum atomic E-state index is -1.18. The van der Waals surface area contributed by atoms with Crippen molar-refractivity contribution in [2.45, 2.75) is 19.6 Å². The van der Waals surface area contributed by atoms with Crippen molar-refractivity contribution in [1.29, 1.82) is 0 Å². The third-order valence-corrected chi connectivity index (χ3v) is 2.96. The minimum Gasteiger partial charge on any atom is -0.463 e. The monoisotopic (exact) mass is 139 g/mol. The van der Waals surface area contributed by atoms with Crippen LogP contribution in [0.2, 0.25) is 19.6 Å². The van der Waals surface area contributed by atoms with Crippen molar-refractivity contribution in [2.24, 2.45) is 0 Å². The summed E-state index contributed by atoms with van der Waals surface area (Å²) in [6.07, 6.45) is 2.70. The van der Waals surface area contributed by atoms with Crippen molar-refractivity contribution < 1.29 is 4.42 Å². The average Bonchev–Trinajstić information content (AvgIpc) is 2.08. The molecule has 0 spiro atoms. The maximum atomic E-state index is 5.13. The SMILES string of the molecule is C[Si](C)(C)c1cc[c]o1. The molecule has 0 atom stereocenters. The van der Waals surface area contributed by atoms with Gasteiger partial charge in [0.05, 0.1) is 5.38 Å². The van der Waals surface area contributed by atoms with E-state index >= 15 is 0 Å². The van der Waals surface area contributed by atoms with Crippen LogP contribution >= 0.6 is 0 Å². The lowest BCUT2D eigenvalue weighted by atomic mass is 10.7. The van der Waals surface area contributed by atoms with E-state index in [1.165, 1.54) is 0 Å². The number of hydrogen-bond acceptors (Lipinski definition) is 1. The Hall–Kier alpha value is -0.503. The first-order valence-electron chi connectivity index (χ1n) is 3.07. The molecule has 0 aliphatic heterocycles. The van der Waals surface area contributed by atoms with E-state index in [1.807, 2.05) is 12.1 Å². The summed E-state index contributed by atoms with van der Waals surface area (Å²) < 4.78 is 5.13. The van der Waals surface area contributed by atoms with Gasteiger partial charge in [-0.25, -0.2) is 0 Å². The molecule has 0 aliphatic carbocycles. The van der Waals surface area contributed by atoms with Gasteiger partial charge in [0.25, 0.3) is 0 Å². The number of rotatable bonds is 1. The van der Waals surface area contributed by atoms with Crippen molar-refractivity contribution in [2.75, 3.05) is 0 Å². The molecule has 49 valence electrons. The zero-order valence-electron chi connectivity index (χ0n) is 6.06. The smallest absolute Gasteiger partial charge is 0.168 e. The summed E-state index contributed by atoms with van der Waals surface area (Å²) in [6.45, 7) is 6.75. The van der Waals surface area contributed by atoms with Crippen LogP contribution in [-0.4, -0.2) is 8.07 Å². The molecule has 1 nitrogen and oxygen atoms in total. The molecule has 0 N–H and O–H groups in total. The van der Waals surface area contributed by atoms with Gasteiger partial charge in [0.15, 0.2) is 6.26 Å². The van der Waals surface area contributed by atoms with Crippen LogP contribution in [0.3, 0.4) is 0 Å². The van der Waals surface area contributed by atoms with E-state index in [9.17, 15) is 0 Å². The normalized spacial score (nSPS) is 11.9. The Balaban J connectivity index is 2.90. The van der Waals surface area contributed by atoms with Crippen molar-refractivity contribution in [3.05, 3.63) is 18.4 Å². The third kappa shape index (κ3) is 1.45. The highest BCUT2D eigenvalue weighted by atomic mass is 28.3. The quantitative estimate of drug-likeness (QED) is 0.539. The minimum absolute atomic E-state index is 1.13. The van der Waals surface area contributed by atoms with Gasteiger partial charge >= 0.3 is 0 Å². The second-order valence-electron chi connectivity index (χ2n) is 3.17. The molecule has 0 unspecified atom stereocenters. The summed E-state index contributed by atoms with van der Waals surface area (Å²) in [5, 5.41) is 1.13. The molecule has 1 aromatic heterocycles. The molecule has 1 rings (SSSR count). The number of furan rings is 1. The molecule has 0 saturated heterocycles. The van der Waals surface area contributed by atoms with Crippen molar-refractivity contribution in [3.63, 3.8) is 0 Å². The molecule has 0 bridgehead atoms. The van der Waals surface area contributed by atoms with Gasteiger partial charge in [-0.15, -0.1) is 0 Å². The van der Waals surface area contributed by atoms with Crippen LogP contribution in [0.5, 0.6) is 0 Å². The van der Waals surface area contributed by atoms with Crippen LogP contribution < -0.4 is 5.38 Å². The molecular formula is C7H11OSi. The summed E-state index contributed by atoms with van der Waals surface area (Å²) in [5.74, 6) is 0. The lowest BCUT2D eigenvalue weighted by Gasteiger charge is -2.09. The molecule has 1 radical (unpaired) electrons. The molecule has 2 heteroatoms. The highest BCUT2D eigenvalue weighted by molar-refractivity contribution is 6.87. The summed E-state index contributed by atoms with van der Waals surface area (Å²) in [7, 11) is -1.18. The van der Waals surface area contributed by atoms with Crippen LogP contribution in [0.25, 0.3) is 0 Å². The van der Waals surface area contributed by atoms with E-state index in [0.29, 0.717) is 0 Å². The standard InChI is InChI=1S/C7H11OSi/c1-9(2,3)7-5-4-6-8-7/h4-5H,1-3H3. The first-order valence-corrected chi connectivity index (χ1v) is 6.57. The van der Waals surface area contributed by atoms with E-state index < -0.39 is 8.07 Å². The Bertz CT molecular complexity index is 171. The Morgan fingerprint density at radius 2 is 2.11 bits per heavy atom. The van der Waals surface area contributed by atoms with E-state index in [2.05, 4.69) is 25.9 Å². The fraction of sp³-hybridized carbons (Fsp3) is 0.429. The molecule has 1 heterocycles. The summed E-state index contributed by atoms with van der Waals surface area (Å²) in [4.78, 5) is 0. The highest BCUT2D eigenvalue weighted by Crippen LogP contribution is 2.00. The number of hydrogen-bond donors (Lipinski definition) is 0. The van der Waals surface area contributed by atoms with Gasteiger partial charge in [0, 0.05) is 0 Å². The summed E-state index contributed by atoms with van der Waals surface area (Å²) >= 11 is 0. The van der Waals surface area contributed by atoms with Gasteiger partial charge in [0.2, 0.25) is 0 Å². The molecule has 0 aliphatic rings. The predicted octanol–water partition coefficient (Wildman–Crippen LogP) is 1.62. The second kappa shape index (κ2) is 2.03. The van der Waals surface area contributed by atoms with Gasteiger partial charge in [0.1, 0.15) is 8.07 Å². The van der Waals surface area contributed by atoms with Gasteiger partial charge in [-0.2, -0.15) is 0 Å². The first-order chi connectivity index (χ1) is 4.11. The van der Waals surface area contributed by atoms with Crippen LogP contribution in [-0.2, 0) is 0 Å². The van der Waals surface area contributed by atoms with Crippen LogP contribution in [0, 0.1) is 6.26 Å². The van der Waals surface area contributed by atoms with E-state index in [1.54, 1.807) is 0 Å². The second-order valence-corrected chi connectivity index (χ2v) is 8.16. The fourth-order valence-corrected chi connectivity index (χ4v) is 1.59. The average molecular weight is 139 g/mol. The first kappa shape index (κ1) is 6.61. The zero-order chi connectivity index (χ0) is 6.91. The van der Waals surface area contributed by atoms with Gasteiger partial charge in [-0.1, -0.05) is 19.6 Å².